The van der Waals surface area contributed by atoms with E-state index in [4.69, 9.17) is 10.00 Å². The Morgan fingerprint density at radius 2 is 2.14 bits per heavy atom. The van der Waals surface area contributed by atoms with E-state index in [0.29, 0.717) is 24.3 Å². The van der Waals surface area contributed by atoms with E-state index in [1.54, 1.807) is 6.07 Å². The van der Waals surface area contributed by atoms with Crippen molar-refractivity contribution >= 4 is 0 Å². The highest BCUT2D eigenvalue weighted by atomic mass is 19.1. The first-order valence-corrected chi connectivity index (χ1v) is 4.66. The molecule has 1 aliphatic rings. The lowest BCUT2D eigenvalue weighted by molar-refractivity contribution is 0.339. The summed E-state index contributed by atoms with van der Waals surface area (Å²) in [4.78, 5) is 0. The Hall–Kier alpha value is -1.56. The highest BCUT2D eigenvalue weighted by Gasteiger charge is 2.17. The van der Waals surface area contributed by atoms with E-state index in [-0.39, 0.29) is 0 Å². The second-order valence-electron chi connectivity index (χ2n) is 2.66. The van der Waals surface area contributed by atoms with Gasteiger partial charge < -0.3 is 4.74 Å². The van der Waals surface area contributed by atoms with Crippen molar-refractivity contribution in [2.75, 3.05) is 6.61 Å². The zero-order chi connectivity index (χ0) is 10.6. The monoisotopic (exact) mass is 193 g/mol. The van der Waals surface area contributed by atoms with E-state index < -0.39 is 5.82 Å². The predicted molar refractivity (Wildman–Crippen MR) is 51.7 cm³/mol. The van der Waals surface area contributed by atoms with Crippen LogP contribution in [0.5, 0.6) is 5.75 Å². The fraction of sp³-hybridized carbons (Fsp3) is 0.364. The summed E-state index contributed by atoms with van der Waals surface area (Å²) in [5.41, 5.74) is 1.16. The molecular formula is C11H12FNO. The molecule has 1 aromatic carbocycles. The van der Waals surface area contributed by atoms with Gasteiger partial charge in [0.2, 0.25) is 0 Å². The molecule has 0 atom stereocenters. The third-order valence-corrected chi connectivity index (χ3v) is 1.87. The summed E-state index contributed by atoms with van der Waals surface area (Å²) < 4.78 is 18.1. The molecule has 1 aromatic rings. The van der Waals surface area contributed by atoms with Gasteiger partial charge in [-0.15, -0.1) is 0 Å². The summed E-state index contributed by atoms with van der Waals surface area (Å²) in [5, 5.41) is 8.54. The number of ether oxygens (including phenoxy) is 1. The first-order valence-electron chi connectivity index (χ1n) is 4.66. The molecule has 0 spiro atoms. The first-order chi connectivity index (χ1) is 6.81. The highest BCUT2D eigenvalue weighted by molar-refractivity contribution is 5.45. The minimum Gasteiger partial charge on any atom is -0.490 e. The second-order valence-corrected chi connectivity index (χ2v) is 2.66. The Labute approximate surface area is 82.9 Å². The Morgan fingerprint density at radius 3 is 2.79 bits per heavy atom. The Bertz CT molecular complexity index is 368. The summed E-state index contributed by atoms with van der Waals surface area (Å²) in [6.45, 7) is 4.52. The van der Waals surface area contributed by atoms with Crippen molar-refractivity contribution < 1.29 is 9.13 Å². The van der Waals surface area contributed by atoms with E-state index in [0.717, 1.165) is 5.56 Å². The van der Waals surface area contributed by atoms with Gasteiger partial charge in [0.25, 0.3) is 0 Å². The van der Waals surface area contributed by atoms with Gasteiger partial charge in [-0.3, -0.25) is 0 Å². The third-order valence-electron chi connectivity index (χ3n) is 1.87. The predicted octanol–water partition coefficient (Wildman–Crippen LogP) is 2.66. The van der Waals surface area contributed by atoms with Crippen molar-refractivity contribution in [1.82, 2.24) is 0 Å². The molecule has 14 heavy (non-hydrogen) atoms. The largest absolute Gasteiger partial charge is 0.490 e. The Kier molecular flexibility index (Phi) is 3.47. The zero-order valence-corrected chi connectivity index (χ0v) is 8.30. The number of hydrogen-bond donors (Lipinski definition) is 0. The standard InChI is InChI=1S/C9H6FNO.C2H6/c10-8-4-6(5-11)3-7-1-2-12-9(7)8;1-2/h3-4H,1-2H2;1-2H3. The van der Waals surface area contributed by atoms with E-state index in [1.807, 2.05) is 19.9 Å². The zero-order valence-electron chi connectivity index (χ0n) is 8.30. The van der Waals surface area contributed by atoms with Crippen LogP contribution in [0.25, 0.3) is 0 Å². The van der Waals surface area contributed by atoms with Crippen LogP contribution in [0, 0.1) is 17.1 Å². The molecule has 0 saturated heterocycles. The van der Waals surface area contributed by atoms with E-state index in [1.165, 1.54) is 6.07 Å². The molecule has 0 aromatic heterocycles. The van der Waals surface area contributed by atoms with Gasteiger partial charge in [0, 0.05) is 12.0 Å². The smallest absolute Gasteiger partial charge is 0.166 e. The molecule has 3 heteroatoms. The average molecular weight is 193 g/mol. The molecule has 0 saturated carbocycles. The molecule has 1 heterocycles. The van der Waals surface area contributed by atoms with Crippen LogP contribution >= 0.6 is 0 Å². The van der Waals surface area contributed by atoms with Crippen molar-refractivity contribution in [3.8, 4) is 11.8 Å². The van der Waals surface area contributed by atoms with Gasteiger partial charge >= 0.3 is 0 Å². The lowest BCUT2D eigenvalue weighted by atomic mass is 10.1. The van der Waals surface area contributed by atoms with Crippen molar-refractivity contribution in [1.29, 1.82) is 5.26 Å². The van der Waals surface area contributed by atoms with Gasteiger partial charge in [-0.25, -0.2) is 4.39 Å². The number of nitrogens with zero attached hydrogens (tertiary/aromatic N) is 1. The normalized spacial score (nSPS) is 11.9. The number of hydrogen-bond acceptors (Lipinski definition) is 2. The van der Waals surface area contributed by atoms with E-state index >= 15 is 0 Å². The van der Waals surface area contributed by atoms with Gasteiger partial charge in [-0.1, -0.05) is 13.8 Å². The van der Waals surface area contributed by atoms with Crippen molar-refractivity contribution in [3.63, 3.8) is 0 Å². The molecule has 0 amide bonds. The Morgan fingerprint density at radius 1 is 1.43 bits per heavy atom. The summed E-state index contributed by atoms with van der Waals surface area (Å²) in [7, 11) is 0. The van der Waals surface area contributed by atoms with Crippen molar-refractivity contribution in [3.05, 3.63) is 29.1 Å². The molecule has 74 valence electrons. The number of rotatable bonds is 0. The fourth-order valence-electron chi connectivity index (χ4n) is 1.33. The first kappa shape index (κ1) is 10.5. The summed E-state index contributed by atoms with van der Waals surface area (Å²) in [5.74, 6) is -0.115. The SMILES string of the molecule is CC.N#Cc1cc(F)c2c(c1)CCO2. The molecule has 0 radical (unpaired) electrons. The number of benzene rings is 1. The molecule has 0 fully saturated rings. The van der Waals surface area contributed by atoms with Crippen LogP contribution in [-0.4, -0.2) is 6.61 Å². The maximum Gasteiger partial charge on any atom is 0.166 e. The van der Waals surface area contributed by atoms with Gasteiger partial charge in [-0.05, 0) is 12.1 Å². The average Bonchev–Trinajstić information content (AvgIpc) is 2.69. The number of fused-ring (bicyclic) bond motifs is 1. The third kappa shape index (κ3) is 1.85. The summed E-state index contributed by atoms with van der Waals surface area (Å²) in [6.07, 6.45) is 0.696. The molecule has 0 bridgehead atoms. The van der Waals surface area contributed by atoms with Gasteiger partial charge in [-0.2, -0.15) is 5.26 Å². The van der Waals surface area contributed by atoms with Crippen LogP contribution in [0.15, 0.2) is 12.1 Å². The van der Waals surface area contributed by atoms with Crippen LogP contribution in [-0.2, 0) is 6.42 Å². The minimum atomic E-state index is -0.429. The van der Waals surface area contributed by atoms with Crippen LogP contribution < -0.4 is 4.74 Å². The fourth-order valence-corrected chi connectivity index (χ4v) is 1.33. The lowest BCUT2D eigenvalue weighted by Gasteiger charge is -1.99. The number of halogens is 1. The molecule has 2 rings (SSSR count). The van der Waals surface area contributed by atoms with E-state index in [2.05, 4.69) is 0 Å². The van der Waals surface area contributed by atoms with Crippen LogP contribution in [0.2, 0.25) is 0 Å². The molecule has 0 aliphatic carbocycles. The van der Waals surface area contributed by atoms with Crippen molar-refractivity contribution in [2.45, 2.75) is 20.3 Å². The highest BCUT2D eigenvalue weighted by Crippen LogP contribution is 2.29. The van der Waals surface area contributed by atoms with Crippen LogP contribution in [0.1, 0.15) is 25.0 Å². The topological polar surface area (TPSA) is 33.0 Å². The van der Waals surface area contributed by atoms with Gasteiger partial charge in [0.15, 0.2) is 11.6 Å². The lowest BCUT2D eigenvalue weighted by Crippen LogP contribution is -1.88. The summed E-state index contributed by atoms with van der Waals surface area (Å²) in [6, 6.07) is 4.77. The quantitative estimate of drug-likeness (QED) is 0.634. The van der Waals surface area contributed by atoms with E-state index in [9.17, 15) is 4.39 Å². The number of nitriles is 1. The molecule has 1 aliphatic heterocycles. The van der Waals surface area contributed by atoms with Crippen molar-refractivity contribution in [2.24, 2.45) is 0 Å². The maximum absolute atomic E-state index is 13.1. The molecule has 2 nitrogen and oxygen atoms in total. The second kappa shape index (κ2) is 4.61. The van der Waals surface area contributed by atoms with Gasteiger partial charge in [0.1, 0.15) is 0 Å². The van der Waals surface area contributed by atoms with Crippen LogP contribution in [0.4, 0.5) is 4.39 Å². The van der Waals surface area contributed by atoms with Crippen LogP contribution in [0.3, 0.4) is 0 Å². The van der Waals surface area contributed by atoms with Gasteiger partial charge in [0.05, 0.1) is 18.2 Å². The maximum atomic E-state index is 13.1. The Balaban J connectivity index is 0.000000461. The molecule has 0 N–H and O–H groups in total. The molecular weight excluding hydrogens is 181 g/mol. The minimum absolute atomic E-state index is 0.314. The molecule has 0 unspecified atom stereocenters. The summed E-state index contributed by atoms with van der Waals surface area (Å²) >= 11 is 0.